The second-order valence-electron chi connectivity index (χ2n) is 4.30. The highest BCUT2D eigenvalue weighted by Gasteiger charge is 2.26. The summed E-state index contributed by atoms with van der Waals surface area (Å²) in [6.45, 7) is 0. The Hall–Kier alpha value is -0.580. The number of benzene rings is 1. The monoisotopic (exact) mass is 316 g/mol. The molecule has 0 aliphatic heterocycles. The van der Waals surface area contributed by atoms with Crippen molar-refractivity contribution in [1.82, 2.24) is 5.32 Å². The summed E-state index contributed by atoms with van der Waals surface area (Å²) in [6.07, 6.45) is 3.01. The lowest BCUT2D eigenvalue weighted by Gasteiger charge is -2.17. The molecule has 3 nitrogen and oxygen atoms in total. The van der Waals surface area contributed by atoms with Crippen LogP contribution in [0.3, 0.4) is 0 Å². The minimum Gasteiger partial charge on any atom is -0.348 e. The summed E-state index contributed by atoms with van der Waals surface area (Å²) in [4.78, 5) is 12.0. The zero-order valence-electron chi connectivity index (χ0n) is 9.25. The Kier molecular flexibility index (Phi) is 4.07. The topological polar surface area (TPSA) is 55.1 Å². The normalized spacial score (nSPS) is 23.7. The Morgan fingerprint density at radius 1 is 1.47 bits per heavy atom. The van der Waals surface area contributed by atoms with Crippen molar-refractivity contribution in [1.29, 1.82) is 0 Å². The van der Waals surface area contributed by atoms with E-state index in [1.165, 1.54) is 0 Å². The number of rotatable bonds is 2. The molecule has 1 aliphatic carbocycles. The molecular weight excluding hydrogens is 304 g/mol. The molecule has 1 aromatic carbocycles. The molecule has 0 spiro atoms. The number of carbonyl (C=O) groups is 1. The highest BCUT2D eigenvalue weighted by Crippen LogP contribution is 2.23. The summed E-state index contributed by atoms with van der Waals surface area (Å²) < 4.78 is 0.703. The van der Waals surface area contributed by atoms with Crippen LogP contribution in [0.4, 0.5) is 0 Å². The van der Waals surface area contributed by atoms with Crippen molar-refractivity contribution in [3.05, 3.63) is 33.3 Å². The number of nitrogens with one attached hydrogen (secondary N) is 1. The summed E-state index contributed by atoms with van der Waals surface area (Å²) in [5, 5.41) is 3.57. The Bertz CT molecular complexity index is 439. The number of hydrogen-bond acceptors (Lipinski definition) is 2. The number of halogens is 2. The zero-order valence-corrected chi connectivity index (χ0v) is 11.6. The third kappa shape index (κ3) is 3.00. The molecule has 1 saturated carbocycles. The first-order chi connectivity index (χ1) is 8.08. The molecule has 0 aromatic heterocycles. The van der Waals surface area contributed by atoms with Crippen LogP contribution in [0.5, 0.6) is 0 Å². The van der Waals surface area contributed by atoms with E-state index in [0.29, 0.717) is 15.1 Å². The van der Waals surface area contributed by atoms with Gasteiger partial charge in [-0.3, -0.25) is 4.79 Å². The first-order valence-corrected chi connectivity index (χ1v) is 6.76. The third-order valence-electron chi connectivity index (χ3n) is 3.06. The van der Waals surface area contributed by atoms with Crippen molar-refractivity contribution >= 4 is 33.4 Å². The quantitative estimate of drug-likeness (QED) is 0.881. The lowest BCUT2D eigenvalue weighted by atomic mass is 10.1. The van der Waals surface area contributed by atoms with Gasteiger partial charge in [-0.15, -0.1) is 0 Å². The van der Waals surface area contributed by atoms with Crippen molar-refractivity contribution < 1.29 is 4.79 Å². The van der Waals surface area contributed by atoms with Crippen LogP contribution in [0.15, 0.2) is 22.7 Å². The molecule has 1 aromatic rings. The van der Waals surface area contributed by atoms with Gasteiger partial charge in [-0.2, -0.15) is 0 Å². The average molecular weight is 318 g/mol. The van der Waals surface area contributed by atoms with Gasteiger partial charge in [-0.05, 0) is 53.4 Å². The zero-order chi connectivity index (χ0) is 12.4. The van der Waals surface area contributed by atoms with Crippen LogP contribution in [0, 0.1) is 0 Å². The molecule has 2 rings (SSSR count). The predicted molar refractivity (Wildman–Crippen MR) is 72.2 cm³/mol. The summed E-state index contributed by atoms with van der Waals surface area (Å²) in [5.41, 5.74) is 6.51. The Labute approximate surface area is 114 Å². The number of nitrogens with two attached hydrogens (primary N) is 1. The Morgan fingerprint density at radius 3 is 2.82 bits per heavy atom. The Balaban J connectivity index is 2.09. The van der Waals surface area contributed by atoms with Crippen LogP contribution in [0.2, 0.25) is 5.02 Å². The molecule has 0 heterocycles. The van der Waals surface area contributed by atoms with Gasteiger partial charge in [-0.25, -0.2) is 0 Å². The molecule has 92 valence electrons. The largest absolute Gasteiger partial charge is 0.348 e. The lowest BCUT2D eigenvalue weighted by molar-refractivity contribution is 0.0934. The van der Waals surface area contributed by atoms with Gasteiger partial charge in [-0.1, -0.05) is 11.6 Å². The molecule has 1 aliphatic rings. The van der Waals surface area contributed by atoms with Crippen LogP contribution < -0.4 is 11.1 Å². The standard InChI is InChI=1S/C12H14BrClN2O/c13-9-6-7(14)4-5-8(9)12(17)16-11-3-1-2-10(11)15/h4-6,10-11H,1-3,15H2,(H,16,17). The predicted octanol–water partition coefficient (Wildman–Crippen LogP) is 2.71. The maximum absolute atomic E-state index is 12.0. The summed E-state index contributed by atoms with van der Waals surface area (Å²) in [5.74, 6) is -0.101. The van der Waals surface area contributed by atoms with Gasteiger partial charge >= 0.3 is 0 Å². The van der Waals surface area contributed by atoms with E-state index in [4.69, 9.17) is 17.3 Å². The lowest BCUT2D eigenvalue weighted by Crippen LogP contribution is -2.44. The van der Waals surface area contributed by atoms with E-state index >= 15 is 0 Å². The van der Waals surface area contributed by atoms with Crippen LogP contribution >= 0.6 is 27.5 Å². The van der Waals surface area contributed by atoms with Gasteiger partial charge in [0, 0.05) is 21.6 Å². The summed E-state index contributed by atoms with van der Waals surface area (Å²) >= 11 is 9.17. The van der Waals surface area contributed by atoms with E-state index in [2.05, 4.69) is 21.2 Å². The van der Waals surface area contributed by atoms with Gasteiger partial charge < -0.3 is 11.1 Å². The fourth-order valence-corrected chi connectivity index (χ4v) is 2.95. The fourth-order valence-electron chi connectivity index (χ4n) is 2.09. The molecule has 1 fully saturated rings. The highest BCUT2D eigenvalue weighted by atomic mass is 79.9. The minimum absolute atomic E-state index is 0.0741. The Morgan fingerprint density at radius 2 is 2.24 bits per heavy atom. The van der Waals surface area contributed by atoms with E-state index in [1.54, 1.807) is 18.2 Å². The van der Waals surface area contributed by atoms with E-state index in [9.17, 15) is 4.79 Å². The molecule has 1 amide bonds. The first kappa shape index (κ1) is 12.9. The van der Waals surface area contributed by atoms with Crippen molar-refractivity contribution in [2.24, 2.45) is 5.73 Å². The van der Waals surface area contributed by atoms with Gasteiger partial charge in [0.2, 0.25) is 0 Å². The molecule has 3 N–H and O–H groups in total. The van der Waals surface area contributed by atoms with Crippen LogP contribution in [-0.2, 0) is 0 Å². The maximum Gasteiger partial charge on any atom is 0.252 e. The van der Waals surface area contributed by atoms with Gasteiger partial charge in [0.1, 0.15) is 0 Å². The number of carbonyl (C=O) groups excluding carboxylic acids is 1. The van der Waals surface area contributed by atoms with Crippen molar-refractivity contribution in [3.63, 3.8) is 0 Å². The van der Waals surface area contributed by atoms with E-state index in [0.717, 1.165) is 19.3 Å². The molecule has 0 bridgehead atoms. The molecule has 0 saturated heterocycles. The van der Waals surface area contributed by atoms with E-state index < -0.39 is 0 Å². The molecule has 17 heavy (non-hydrogen) atoms. The van der Waals surface area contributed by atoms with Crippen LogP contribution in [-0.4, -0.2) is 18.0 Å². The van der Waals surface area contributed by atoms with Crippen molar-refractivity contribution in [3.8, 4) is 0 Å². The first-order valence-electron chi connectivity index (χ1n) is 5.59. The van der Waals surface area contributed by atoms with Crippen LogP contribution in [0.25, 0.3) is 0 Å². The van der Waals surface area contributed by atoms with Gasteiger partial charge in [0.05, 0.1) is 5.56 Å². The second-order valence-corrected chi connectivity index (χ2v) is 5.59. The van der Waals surface area contributed by atoms with Crippen LogP contribution in [0.1, 0.15) is 29.6 Å². The third-order valence-corrected chi connectivity index (χ3v) is 3.95. The van der Waals surface area contributed by atoms with Crippen molar-refractivity contribution in [2.45, 2.75) is 31.3 Å². The van der Waals surface area contributed by atoms with E-state index in [-0.39, 0.29) is 18.0 Å². The molecular formula is C12H14BrClN2O. The van der Waals surface area contributed by atoms with E-state index in [1.807, 2.05) is 0 Å². The molecule has 5 heteroatoms. The second kappa shape index (κ2) is 5.38. The average Bonchev–Trinajstić information content (AvgIpc) is 2.64. The SMILES string of the molecule is NC1CCCC1NC(=O)c1ccc(Cl)cc1Br. The molecule has 0 radical (unpaired) electrons. The van der Waals surface area contributed by atoms with Gasteiger partial charge in [0.15, 0.2) is 0 Å². The van der Waals surface area contributed by atoms with Crippen molar-refractivity contribution in [2.75, 3.05) is 0 Å². The summed E-state index contributed by atoms with van der Waals surface area (Å²) in [6, 6.07) is 5.29. The number of hydrogen-bond donors (Lipinski definition) is 2. The van der Waals surface area contributed by atoms with Gasteiger partial charge in [0.25, 0.3) is 5.91 Å². The smallest absolute Gasteiger partial charge is 0.252 e. The maximum atomic E-state index is 12.0. The molecule has 2 atom stereocenters. The number of amides is 1. The fraction of sp³-hybridized carbons (Fsp3) is 0.417. The highest BCUT2D eigenvalue weighted by molar-refractivity contribution is 9.10. The molecule has 2 unspecified atom stereocenters. The minimum atomic E-state index is -0.101. The summed E-state index contributed by atoms with van der Waals surface area (Å²) in [7, 11) is 0.